The van der Waals surface area contributed by atoms with E-state index >= 15 is 0 Å². The third kappa shape index (κ3) is 4.26. The molecule has 1 N–H and O–H groups in total. The minimum Gasteiger partial charge on any atom is -0.444 e. The fourth-order valence-electron chi connectivity index (χ4n) is 1.62. The molecule has 22 heavy (non-hydrogen) atoms. The predicted octanol–water partition coefficient (Wildman–Crippen LogP) is 3.23. The van der Waals surface area contributed by atoms with Gasteiger partial charge in [0, 0.05) is 0 Å². The van der Waals surface area contributed by atoms with Gasteiger partial charge in [0.1, 0.15) is 17.3 Å². The Bertz CT molecular complexity index is 779. The molecule has 116 valence electrons. The van der Waals surface area contributed by atoms with Gasteiger partial charge in [-0.15, -0.1) is 3.89 Å². The third-order valence-corrected chi connectivity index (χ3v) is 3.49. The number of nitrogens with one attached hydrogen (secondary N) is 1. The van der Waals surface area contributed by atoms with Crippen molar-refractivity contribution in [2.75, 3.05) is 5.32 Å². The molecule has 2 aromatic rings. The van der Waals surface area contributed by atoms with Crippen LogP contribution in [0.15, 0.2) is 53.4 Å². The van der Waals surface area contributed by atoms with E-state index < -0.39 is 32.7 Å². The van der Waals surface area contributed by atoms with E-state index in [9.17, 15) is 21.5 Å². The van der Waals surface area contributed by atoms with Gasteiger partial charge < -0.3 is 4.74 Å². The highest BCUT2D eigenvalue weighted by Gasteiger charge is 2.16. The molecule has 2 aromatic carbocycles. The molecule has 2 rings (SSSR count). The topological polar surface area (TPSA) is 72.5 Å². The Morgan fingerprint density at radius 2 is 1.82 bits per heavy atom. The molecule has 0 spiro atoms. The van der Waals surface area contributed by atoms with Gasteiger partial charge in [-0.2, -0.15) is 8.42 Å². The zero-order valence-corrected chi connectivity index (χ0v) is 11.9. The van der Waals surface area contributed by atoms with Gasteiger partial charge in [-0.05, 0) is 23.8 Å². The average Bonchev–Trinajstić information content (AvgIpc) is 2.47. The van der Waals surface area contributed by atoms with Gasteiger partial charge in [0.25, 0.3) is 0 Å². The number of ether oxygens (including phenoxy) is 1. The number of rotatable bonds is 4. The number of carbonyl (C=O) groups is 1. The number of hydrogen-bond donors (Lipinski definition) is 1. The Labute approximate surface area is 125 Å². The average molecular weight is 327 g/mol. The van der Waals surface area contributed by atoms with Crippen molar-refractivity contribution in [2.45, 2.75) is 11.5 Å². The van der Waals surface area contributed by atoms with Crippen molar-refractivity contribution in [3.05, 3.63) is 59.9 Å². The van der Waals surface area contributed by atoms with Crippen molar-refractivity contribution in [3.63, 3.8) is 0 Å². The van der Waals surface area contributed by atoms with Gasteiger partial charge in [-0.25, -0.2) is 9.18 Å². The molecule has 8 heteroatoms. The molecule has 0 unspecified atom stereocenters. The second-order valence-corrected chi connectivity index (χ2v) is 5.61. The van der Waals surface area contributed by atoms with Crippen LogP contribution < -0.4 is 5.32 Å². The molecule has 0 atom stereocenters. The van der Waals surface area contributed by atoms with Crippen molar-refractivity contribution in [1.29, 1.82) is 0 Å². The van der Waals surface area contributed by atoms with Crippen LogP contribution in [0.5, 0.6) is 0 Å². The first-order valence-corrected chi connectivity index (χ1v) is 7.46. The summed E-state index contributed by atoms with van der Waals surface area (Å²) < 4.78 is 52.7. The number of hydrogen-bond acceptors (Lipinski definition) is 4. The van der Waals surface area contributed by atoms with Crippen molar-refractivity contribution in [2.24, 2.45) is 0 Å². The van der Waals surface area contributed by atoms with Crippen LogP contribution in [0, 0.1) is 5.82 Å². The molecule has 1 amide bonds. The summed E-state index contributed by atoms with van der Waals surface area (Å²) in [6.07, 6.45) is -0.990. The summed E-state index contributed by atoms with van der Waals surface area (Å²) in [5, 5.41) is 2.03. The molecule has 0 aliphatic heterocycles. The predicted molar refractivity (Wildman–Crippen MR) is 74.9 cm³/mol. The molecule has 0 radical (unpaired) electrons. The van der Waals surface area contributed by atoms with E-state index in [0.29, 0.717) is 6.07 Å². The van der Waals surface area contributed by atoms with Gasteiger partial charge in [-0.1, -0.05) is 30.3 Å². The molecule has 5 nitrogen and oxygen atoms in total. The Morgan fingerprint density at radius 1 is 1.14 bits per heavy atom. The summed E-state index contributed by atoms with van der Waals surface area (Å²) in [7, 11) is -4.99. The maximum atomic E-state index is 13.5. The molecule has 0 fully saturated rings. The first kappa shape index (κ1) is 15.9. The minimum absolute atomic E-state index is 0.0462. The lowest BCUT2D eigenvalue weighted by atomic mass is 10.2. The minimum atomic E-state index is -4.99. The van der Waals surface area contributed by atoms with E-state index in [-0.39, 0.29) is 6.61 Å². The fourth-order valence-corrected chi connectivity index (χ4v) is 2.11. The van der Waals surface area contributed by atoms with Crippen molar-refractivity contribution in [3.8, 4) is 0 Å². The molecule has 0 heterocycles. The highest BCUT2D eigenvalue weighted by atomic mass is 32.3. The molecular weight excluding hydrogens is 316 g/mol. The second kappa shape index (κ2) is 6.52. The SMILES string of the molecule is O=C(Nc1cc(S(=O)(=O)F)ccc1F)OCc1ccccc1. The summed E-state index contributed by atoms with van der Waals surface area (Å²) in [6.45, 7) is -0.0462. The highest BCUT2D eigenvalue weighted by Crippen LogP contribution is 2.21. The zero-order valence-electron chi connectivity index (χ0n) is 11.1. The van der Waals surface area contributed by atoms with E-state index in [1.54, 1.807) is 30.3 Å². The van der Waals surface area contributed by atoms with E-state index in [0.717, 1.165) is 17.7 Å². The molecule has 0 saturated carbocycles. The quantitative estimate of drug-likeness (QED) is 0.875. The fraction of sp³-hybridized carbons (Fsp3) is 0.0714. The summed E-state index contributed by atoms with van der Waals surface area (Å²) in [4.78, 5) is 10.8. The molecule has 0 bridgehead atoms. The summed E-state index contributed by atoms with van der Waals surface area (Å²) in [5.41, 5.74) is 0.231. The van der Waals surface area contributed by atoms with Crippen LogP contribution in [0.2, 0.25) is 0 Å². The van der Waals surface area contributed by atoms with E-state index in [4.69, 9.17) is 4.74 Å². The maximum Gasteiger partial charge on any atom is 0.412 e. The standard InChI is InChI=1S/C14H11F2NO4S/c15-12-7-6-11(22(16,19)20)8-13(12)17-14(18)21-9-10-4-2-1-3-5-10/h1-8H,9H2,(H,17,18). The zero-order chi connectivity index (χ0) is 16.2. The van der Waals surface area contributed by atoms with Gasteiger partial charge in [0.05, 0.1) is 5.69 Å². The maximum absolute atomic E-state index is 13.5. The van der Waals surface area contributed by atoms with Crippen molar-refractivity contribution in [1.82, 2.24) is 0 Å². The normalized spacial score (nSPS) is 11.0. The van der Waals surface area contributed by atoms with Crippen molar-refractivity contribution < 1.29 is 26.2 Å². The van der Waals surface area contributed by atoms with Gasteiger partial charge >= 0.3 is 16.3 Å². The van der Waals surface area contributed by atoms with Crippen LogP contribution in [-0.4, -0.2) is 14.5 Å². The van der Waals surface area contributed by atoms with E-state index in [1.165, 1.54) is 0 Å². The summed E-state index contributed by atoms with van der Waals surface area (Å²) in [5.74, 6) is -0.913. The molecule has 0 aliphatic carbocycles. The van der Waals surface area contributed by atoms with Crippen LogP contribution in [0.25, 0.3) is 0 Å². The largest absolute Gasteiger partial charge is 0.444 e. The number of halogens is 2. The van der Waals surface area contributed by atoms with Crippen molar-refractivity contribution >= 4 is 22.0 Å². The second-order valence-electron chi connectivity index (χ2n) is 4.27. The smallest absolute Gasteiger partial charge is 0.412 e. The molecular formula is C14H11F2NO4S. The third-order valence-electron chi connectivity index (χ3n) is 2.67. The van der Waals surface area contributed by atoms with Gasteiger partial charge in [0.15, 0.2) is 0 Å². The van der Waals surface area contributed by atoms with Crippen LogP contribution in [0.3, 0.4) is 0 Å². The Kier molecular flexibility index (Phi) is 4.71. The number of carbonyl (C=O) groups excluding carboxylic acids is 1. The Balaban J connectivity index is 2.05. The van der Waals surface area contributed by atoms with Gasteiger partial charge in [-0.3, -0.25) is 5.32 Å². The Morgan fingerprint density at radius 3 is 2.45 bits per heavy atom. The van der Waals surface area contributed by atoms with Crippen LogP contribution in [0.4, 0.5) is 18.8 Å². The van der Waals surface area contributed by atoms with Gasteiger partial charge in [0.2, 0.25) is 0 Å². The first-order chi connectivity index (χ1) is 10.4. The monoisotopic (exact) mass is 327 g/mol. The lowest BCUT2D eigenvalue weighted by molar-refractivity contribution is 0.155. The lowest BCUT2D eigenvalue weighted by Crippen LogP contribution is -2.14. The Hall–Kier alpha value is -2.48. The highest BCUT2D eigenvalue weighted by molar-refractivity contribution is 7.86. The molecule has 0 saturated heterocycles. The number of amides is 1. The lowest BCUT2D eigenvalue weighted by Gasteiger charge is -2.08. The van der Waals surface area contributed by atoms with Crippen LogP contribution >= 0.6 is 0 Å². The number of anilines is 1. The van der Waals surface area contributed by atoms with E-state index in [2.05, 4.69) is 0 Å². The van der Waals surface area contributed by atoms with E-state index in [1.807, 2.05) is 5.32 Å². The number of benzene rings is 2. The first-order valence-electron chi connectivity index (χ1n) is 6.08. The van der Waals surface area contributed by atoms with Crippen LogP contribution in [-0.2, 0) is 21.6 Å². The van der Waals surface area contributed by atoms with Crippen LogP contribution in [0.1, 0.15) is 5.56 Å². The summed E-state index contributed by atoms with van der Waals surface area (Å²) >= 11 is 0. The molecule has 0 aromatic heterocycles. The summed E-state index contributed by atoms with van der Waals surface area (Å²) in [6, 6.07) is 10.9. The molecule has 0 aliphatic rings.